The zero-order chi connectivity index (χ0) is 25.3. The maximum absolute atomic E-state index is 5.82. The molecule has 1 aliphatic rings. The van der Waals surface area contributed by atoms with Gasteiger partial charge in [-0.3, -0.25) is 0 Å². The summed E-state index contributed by atoms with van der Waals surface area (Å²) in [5.74, 6) is 14.8. The van der Waals surface area contributed by atoms with Crippen LogP contribution in [-0.2, 0) is 0 Å². The average Bonchev–Trinajstić information content (AvgIpc) is 3.24. The van der Waals surface area contributed by atoms with Gasteiger partial charge < -0.3 is 18.4 Å². The van der Waals surface area contributed by atoms with Crippen LogP contribution in [-0.4, -0.2) is 77.6 Å². The fourth-order valence-corrected chi connectivity index (χ4v) is 3.14. The number of ether oxygens (including phenoxy) is 2. The summed E-state index contributed by atoms with van der Waals surface area (Å²) >= 11 is 0. The van der Waals surface area contributed by atoms with Gasteiger partial charge in [-0.25, -0.2) is 0 Å². The maximum atomic E-state index is 5.82. The fourth-order valence-electron chi connectivity index (χ4n) is 3.14. The van der Waals surface area contributed by atoms with Gasteiger partial charge in [-0.05, 0) is 60.7 Å². The highest BCUT2D eigenvalue weighted by molar-refractivity contribution is 5.53. The van der Waals surface area contributed by atoms with Crippen LogP contribution in [0, 0.1) is 23.7 Å². The van der Waals surface area contributed by atoms with E-state index in [9.17, 15) is 0 Å². The summed E-state index contributed by atoms with van der Waals surface area (Å²) in [6.45, 7) is 3.33. The molecule has 0 amide bonds. The normalized spacial score (nSPS) is 13.1. The third kappa shape index (κ3) is 10.1. The minimum atomic E-state index is 0.700. The molecule has 0 aliphatic heterocycles. The van der Waals surface area contributed by atoms with E-state index in [1.54, 1.807) is 0 Å². The van der Waals surface area contributed by atoms with Gasteiger partial charge in [0.2, 0.25) is 0 Å². The number of quaternary nitrogens is 2. The minimum absolute atomic E-state index is 0.700. The molecule has 0 heterocycles. The molecule has 0 bridgehead atoms. The first-order chi connectivity index (χ1) is 16.6. The van der Waals surface area contributed by atoms with E-state index in [1.165, 1.54) is 0 Å². The quantitative estimate of drug-likeness (QED) is 0.417. The lowest BCUT2D eigenvalue weighted by Crippen LogP contribution is -2.38. The fraction of sp³-hybridized carbons (Fsp3) is 0.355. The molecule has 4 heteroatoms. The van der Waals surface area contributed by atoms with Crippen LogP contribution in [0.3, 0.4) is 0 Å². The smallest absolute Gasteiger partial charge is 0.137 e. The molecule has 1 aliphatic carbocycles. The Balaban J connectivity index is 1.45. The summed E-state index contributed by atoms with van der Waals surface area (Å²) < 4.78 is 13.4. The molecular formula is C31H38N2O2+2. The highest BCUT2D eigenvalue weighted by Crippen LogP contribution is 2.19. The lowest BCUT2D eigenvalue weighted by atomic mass is 10.1. The zero-order valence-electron chi connectivity index (χ0n) is 22.0. The van der Waals surface area contributed by atoms with E-state index in [1.807, 2.05) is 48.5 Å². The van der Waals surface area contributed by atoms with Crippen LogP contribution < -0.4 is 9.47 Å². The Labute approximate surface area is 211 Å². The molecule has 3 rings (SSSR count). The van der Waals surface area contributed by atoms with Gasteiger partial charge in [0.25, 0.3) is 0 Å². The molecule has 0 saturated heterocycles. The Morgan fingerprint density at radius 2 is 0.943 bits per heavy atom. The molecule has 2 aromatic carbocycles. The van der Waals surface area contributed by atoms with Crippen molar-refractivity contribution in [2.45, 2.75) is 6.42 Å². The second kappa shape index (κ2) is 11.8. The van der Waals surface area contributed by atoms with Crippen LogP contribution in [0.1, 0.15) is 17.5 Å². The molecule has 0 atom stereocenters. The highest BCUT2D eigenvalue weighted by Gasteiger charge is 2.08. The first-order valence-corrected chi connectivity index (χ1v) is 12.1. The van der Waals surface area contributed by atoms with Crippen LogP contribution in [0.2, 0.25) is 0 Å². The van der Waals surface area contributed by atoms with Crippen molar-refractivity contribution in [1.29, 1.82) is 0 Å². The van der Waals surface area contributed by atoms with Crippen molar-refractivity contribution < 1.29 is 18.4 Å². The standard InChI is InChI=1S/C31H38N2O2/c1-32(2,3)21-23-34-30-17-13-26(14-18-30)7-9-28-11-12-29(25-28)10-8-27-15-19-31(20-16-27)35-24-22-33(4,5)6/h11-20H,21-25H2,1-6H3/q+2. The van der Waals surface area contributed by atoms with E-state index < -0.39 is 0 Å². The summed E-state index contributed by atoms with van der Waals surface area (Å²) in [5, 5.41) is 0. The Morgan fingerprint density at radius 3 is 1.29 bits per heavy atom. The van der Waals surface area contributed by atoms with E-state index in [0.717, 1.165) is 62.2 Å². The predicted octanol–water partition coefficient (Wildman–Crippen LogP) is 4.52. The van der Waals surface area contributed by atoms with Gasteiger partial charge in [-0.15, -0.1) is 0 Å². The highest BCUT2D eigenvalue weighted by atomic mass is 16.5. The van der Waals surface area contributed by atoms with Gasteiger partial charge in [-0.2, -0.15) is 0 Å². The first kappa shape index (κ1) is 26.2. The summed E-state index contributed by atoms with van der Waals surface area (Å²) in [4.78, 5) is 0. The van der Waals surface area contributed by atoms with Crippen LogP contribution in [0.5, 0.6) is 11.5 Å². The number of rotatable bonds is 8. The topological polar surface area (TPSA) is 18.5 Å². The Hall–Kier alpha value is -3.44. The Kier molecular flexibility index (Phi) is 8.83. The number of benzene rings is 2. The largest absolute Gasteiger partial charge is 0.488 e. The van der Waals surface area contributed by atoms with Gasteiger partial charge in [-0.1, -0.05) is 23.7 Å². The first-order valence-electron chi connectivity index (χ1n) is 12.1. The molecule has 0 spiro atoms. The Morgan fingerprint density at radius 1 is 0.571 bits per heavy atom. The van der Waals surface area contributed by atoms with Crippen molar-refractivity contribution in [3.63, 3.8) is 0 Å². The van der Waals surface area contributed by atoms with Gasteiger partial charge in [0.05, 0.1) is 42.3 Å². The van der Waals surface area contributed by atoms with Crippen molar-refractivity contribution in [2.24, 2.45) is 0 Å². The molecule has 0 N–H and O–H groups in total. The molecule has 0 fully saturated rings. The second-order valence-electron chi connectivity index (χ2n) is 10.8. The summed E-state index contributed by atoms with van der Waals surface area (Å²) in [7, 11) is 13.0. The lowest BCUT2D eigenvalue weighted by Gasteiger charge is -2.23. The van der Waals surface area contributed by atoms with Crippen LogP contribution >= 0.6 is 0 Å². The average molecular weight is 471 g/mol. The van der Waals surface area contributed by atoms with Gasteiger partial charge in [0, 0.05) is 28.7 Å². The molecule has 182 valence electrons. The van der Waals surface area contributed by atoms with Crippen LogP contribution in [0.4, 0.5) is 0 Å². The van der Waals surface area contributed by atoms with Crippen LogP contribution in [0.15, 0.2) is 71.8 Å². The van der Waals surface area contributed by atoms with Gasteiger partial charge in [0.15, 0.2) is 0 Å². The van der Waals surface area contributed by atoms with Crippen LogP contribution in [0.25, 0.3) is 0 Å². The molecule has 0 radical (unpaired) electrons. The summed E-state index contributed by atoms with van der Waals surface area (Å²) in [5.41, 5.74) is 4.12. The SMILES string of the molecule is C[N+](C)(C)CCOc1ccc(C#CC2=CC=C(C#Cc3ccc(OCC[N+](C)(C)C)cc3)C2)cc1. The number of nitrogens with zero attached hydrogens (tertiary/aromatic N) is 2. The number of likely N-dealkylation sites (N-methyl/N-ethyl adjacent to an activating group) is 2. The van der Waals surface area contributed by atoms with Crippen molar-refractivity contribution in [1.82, 2.24) is 0 Å². The van der Waals surface area contributed by atoms with Crippen molar-refractivity contribution in [3.8, 4) is 35.2 Å². The van der Waals surface area contributed by atoms with E-state index in [2.05, 4.69) is 78.1 Å². The van der Waals surface area contributed by atoms with Crippen molar-refractivity contribution in [2.75, 3.05) is 68.6 Å². The monoisotopic (exact) mass is 470 g/mol. The maximum Gasteiger partial charge on any atom is 0.137 e. The third-order valence-corrected chi connectivity index (χ3v) is 5.37. The Bertz CT molecular complexity index is 1070. The summed E-state index contributed by atoms with van der Waals surface area (Å²) in [6.07, 6.45) is 4.90. The van der Waals surface area contributed by atoms with Crippen molar-refractivity contribution in [3.05, 3.63) is 83.0 Å². The third-order valence-electron chi connectivity index (χ3n) is 5.37. The molecule has 35 heavy (non-hydrogen) atoms. The predicted molar refractivity (Wildman–Crippen MR) is 144 cm³/mol. The molecule has 0 saturated carbocycles. The van der Waals surface area contributed by atoms with E-state index >= 15 is 0 Å². The second-order valence-corrected chi connectivity index (χ2v) is 10.8. The zero-order valence-corrected chi connectivity index (χ0v) is 22.0. The molecule has 0 aromatic heterocycles. The number of hydrogen-bond acceptors (Lipinski definition) is 2. The molecule has 2 aromatic rings. The van der Waals surface area contributed by atoms with Gasteiger partial charge >= 0.3 is 0 Å². The number of hydrogen-bond donors (Lipinski definition) is 0. The molecule has 4 nitrogen and oxygen atoms in total. The van der Waals surface area contributed by atoms with E-state index in [0.29, 0.717) is 13.2 Å². The molecule has 0 unspecified atom stereocenters. The van der Waals surface area contributed by atoms with Gasteiger partial charge in [0.1, 0.15) is 37.8 Å². The van der Waals surface area contributed by atoms with E-state index in [4.69, 9.17) is 9.47 Å². The summed E-state index contributed by atoms with van der Waals surface area (Å²) in [6, 6.07) is 16.0. The van der Waals surface area contributed by atoms with E-state index in [-0.39, 0.29) is 0 Å². The van der Waals surface area contributed by atoms with Crippen molar-refractivity contribution >= 4 is 0 Å². The minimum Gasteiger partial charge on any atom is -0.488 e. The molecular weight excluding hydrogens is 432 g/mol. The number of allylic oxidation sites excluding steroid dienone is 4. The lowest BCUT2D eigenvalue weighted by molar-refractivity contribution is -0.870.